The number of nitrogens with zero attached hydrogens (tertiary/aromatic N) is 1. The minimum absolute atomic E-state index is 0.132. The van der Waals surface area contributed by atoms with E-state index in [0.29, 0.717) is 12.1 Å². The molecule has 22 heavy (non-hydrogen) atoms. The first-order valence-corrected chi connectivity index (χ1v) is 8.19. The Bertz CT molecular complexity index is 816. The number of sulfonamides is 1. The van der Waals surface area contributed by atoms with Gasteiger partial charge in [0.15, 0.2) is 0 Å². The minimum atomic E-state index is -3.88. The molecule has 0 fully saturated rings. The summed E-state index contributed by atoms with van der Waals surface area (Å²) in [5.74, 6) is 0. The zero-order chi connectivity index (χ0) is 16.3. The molecule has 6 nitrogen and oxygen atoms in total. The van der Waals surface area contributed by atoms with E-state index in [9.17, 15) is 18.5 Å². The van der Waals surface area contributed by atoms with E-state index in [4.69, 9.17) is 0 Å². The van der Waals surface area contributed by atoms with Gasteiger partial charge in [-0.05, 0) is 30.5 Å². The number of nitro benzene ring substituents is 1. The summed E-state index contributed by atoms with van der Waals surface area (Å²) < 4.78 is 27.5. The van der Waals surface area contributed by atoms with Gasteiger partial charge in [-0.25, -0.2) is 8.42 Å². The first kappa shape index (κ1) is 16.0. The van der Waals surface area contributed by atoms with Crippen LogP contribution in [0.1, 0.15) is 18.1 Å². The lowest BCUT2D eigenvalue weighted by atomic mass is 10.1. The second-order valence-corrected chi connectivity index (χ2v) is 6.50. The monoisotopic (exact) mass is 320 g/mol. The number of hydrogen-bond donors (Lipinski definition) is 1. The van der Waals surface area contributed by atoms with E-state index in [1.54, 1.807) is 0 Å². The fourth-order valence-corrected chi connectivity index (χ4v) is 3.34. The van der Waals surface area contributed by atoms with E-state index in [0.717, 1.165) is 17.2 Å². The van der Waals surface area contributed by atoms with E-state index < -0.39 is 14.9 Å². The van der Waals surface area contributed by atoms with Crippen molar-refractivity contribution >= 4 is 21.4 Å². The standard InChI is InChI=1S/C15H16N2O4S/c1-3-12-7-4-6-11(2)15(12)16-22(20,21)14-9-5-8-13(10-14)17(18)19/h4-10,16H,3H2,1-2H3. The molecule has 0 aliphatic heterocycles. The van der Waals surface area contributed by atoms with Crippen LogP contribution in [0, 0.1) is 17.0 Å². The third-order valence-corrected chi connectivity index (χ3v) is 4.66. The first-order chi connectivity index (χ1) is 10.3. The maximum atomic E-state index is 12.5. The lowest BCUT2D eigenvalue weighted by molar-refractivity contribution is -0.385. The maximum Gasteiger partial charge on any atom is 0.270 e. The van der Waals surface area contributed by atoms with Gasteiger partial charge in [-0.1, -0.05) is 31.2 Å². The van der Waals surface area contributed by atoms with Crippen LogP contribution in [0.5, 0.6) is 0 Å². The number of hydrogen-bond acceptors (Lipinski definition) is 4. The van der Waals surface area contributed by atoms with Crippen LogP contribution in [0.25, 0.3) is 0 Å². The topological polar surface area (TPSA) is 89.3 Å². The molecule has 0 aliphatic rings. The maximum absolute atomic E-state index is 12.5. The molecule has 7 heteroatoms. The van der Waals surface area contributed by atoms with E-state index in [2.05, 4.69) is 4.72 Å². The number of nitrogens with one attached hydrogen (secondary N) is 1. The molecule has 0 unspecified atom stereocenters. The van der Waals surface area contributed by atoms with Gasteiger partial charge in [-0.15, -0.1) is 0 Å². The predicted molar refractivity (Wildman–Crippen MR) is 84.5 cm³/mol. The Labute approximate surface area is 129 Å². The lowest BCUT2D eigenvalue weighted by Gasteiger charge is -2.14. The molecule has 0 bridgehead atoms. The fraction of sp³-hybridized carbons (Fsp3) is 0.200. The number of para-hydroxylation sites is 1. The van der Waals surface area contributed by atoms with Gasteiger partial charge < -0.3 is 0 Å². The average molecular weight is 320 g/mol. The molecule has 1 N–H and O–H groups in total. The molecule has 2 rings (SSSR count). The van der Waals surface area contributed by atoms with Crippen molar-refractivity contribution in [1.29, 1.82) is 0 Å². The zero-order valence-corrected chi connectivity index (χ0v) is 13.1. The summed E-state index contributed by atoms with van der Waals surface area (Å²) in [5.41, 5.74) is 1.93. The summed E-state index contributed by atoms with van der Waals surface area (Å²) >= 11 is 0. The molecule has 0 aliphatic carbocycles. The summed E-state index contributed by atoms with van der Waals surface area (Å²) in [6, 6.07) is 10.5. The Morgan fingerprint density at radius 1 is 1.18 bits per heavy atom. The van der Waals surface area contributed by atoms with Gasteiger partial charge in [0.1, 0.15) is 0 Å². The van der Waals surface area contributed by atoms with Crippen LogP contribution in [0.4, 0.5) is 11.4 Å². The highest BCUT2D eigenvalue weighted by molar-refractivity contribution is 7.92. The van der Waals surface area contributed by atoms with E-state index in [1.807, 2.05) is 32.0 Å². The summed E-state index contributed by atoms with van der Waals surface area (Å²) in [5, 5.41) is 10.8. The summed E-state index contributed by atoms with van der Waals surface area (Å²) in [4.78, 5) is 10.0. The molecule has 0 saturated carbocycles. The number of nitro groups is 1. The van der Waals surface area contributed by atoms with E-state index in [1.165, 1.54) is 18.2 Å². The smallest absolute Gasteiger partial charge is 0.270 e. The summed E-state index contributed by atoms with van der Waals surface area (Å²) in [6.45, 7) is 3.74. The van der Waals surface area contributed by atoms with Gasteiger partial charge in [0.2, 0.25) is 0 Å². The minimum Gasteiger partial charge on any atom is -0.279 e. The van der Waals surface area contributed by atoms with Crippen LogP contribution in [-0.4, -0.2) is 13.3 Å². The molecule has 116 valence electrons. The Hall–Kier alpha value is -2.41. The van der Waals surface area contributed by atoms with Crippen LogP contribution in [0.3, 0.4) is 0 Å². The second-order valence-electron chi connectivity index (χ2n) is 4.82. The van der Waals surface area contributed by atoms with Crippen molar-refractivity contribution in [3.8, 4) is 0 Å². The van der Waals surface area contributed by atoms with Gasteiger partial charge in [0.05, 0.1) is 15.5 Å². The molecule has 0 spiro atoms. The number of anilines is 1. The second kappa shape index (κ2) is 6.15. The third kappa shape index (κ3) is 3.25. The van der Waals surface area contributed by atoms with E-state index >= 15 is 0 Å². The van der Waals surface area contributed by atoms with Crippen LogP contribution >= 0.6 is 0 Å². The third-order valence-electron chi connectivity index (χ3n) is 3.32. The van der Waals surface area contributed by atoms with Crippen molar-refractivity contribution in [2.24, 2.45) is 0 Å². The number of non-ortho nitro benzene ring substituents is 1. The molecule has 2 aromatic rings. The van der Waals surface area contributed by atoms with Crippen molar-refractivity contribution in [2.75, 3.05) is 4.72 Å². The highest BCUT2D eigenvalue weighted by Crippen LogP contribution is 2.25. The largest absolute Gasteiger partial charge is 0.279 e. The summed E-state index contributed by atoms with van der Waals surface area (Å²) in [7, 11) is -3.88. The quantitative estimate of drug-likeness (QED) is 0.676. The molecule has 0 heterocycles. The van der Waals surface area contributed by atoms with Crippen LogP contribution < -0.4 is 4.72 Å². The normalized spacial score (nSPS) is 11.2. The fourth-order valence-electron chi connectivity index (χ4n) is 2.13. The first-order valence-electron chi connectivity index (χ1n) is 6.71. The van der Waals surface area contributed by atoms with Crippen LogP contribution in [0.2, 0.25) is 0 Å². The number of benzene rings is 2. The van der Waals surface area contributed by atoms with Crippen LogP contribution in [-0.2, 0) is 16.4 Å². The van der Waals surface area contributed by atoms with Gasteiger partial charge in [-0.3, -0.25) is 14.8 Å². The average Bonchev–Trinajstić information content (AvgIpc) is 2.49. The molecule has 0 atom stereocenters. The summed E-state index contributed by atoms with van der Waals surface area (Å²) in [6.07, 6.45) is 0.675. The number of rotatable bonds is 5. The molecule has 2 aromatic carbocycles. The Balaban J connectivity index is 2.45. The van der Waals surface area contributed by atoms with Gasteiger partial charge in [0.25, 0.3) is 15.7 Å². The highest BCUT2D eigenvalue weighted by Gasteiger charge is 2.19. The Kier molecular flexibility index (Phi) is 4.46. The van der Waals surface area contributed by atoms with Crippen molar-refractivity contribution in [1.82, 2.24) is 0 Å². The zero-order valence-electron chi connectivity index (χ0n) is 12.2. The SMILES string of the molecule is CCc1cccc(C)c1NS(=O)(=O)c1cccc([N+](=O)[O-])c1. The molecular formula is C15H16N2O4S. The van der Waals surface area contributed by atoms with Gasteiger partial charge in [-0.2, -0.15) is 0 Å². The van der Waals surface area contributed by atoms with Gasteiger partial charge >= 0.3 is 0 Å². The Morgan fingerprint density at radius 2 is 1.86 bits per heavy atom. The van der Waals surface area contributed by atoms with Crippen LogP contribution in [0.15, 0.2) is 47.4 Å². The molecule has 0 radical (unpaired) electrons. The molecule has 0 aromatic heterocycles. The lowest BCUT2D eigenvalue weighted by Crippen LogP contribution is -2.15. The van der Waals surface area contributed by atoms with Crippen molar-refractivity contribution in [3.63, 3.8) is 0 Å². The Morgan fingerprint density at radius 3 is 2.50 bits per heavy atom. The molecule has 0 amide bonds. The molecule has 0 saturated heterocycles. The highest BCUT2D eigenvalue weighted by atomic mass is 32.2. The predicted octanol–water partition coefficient (Wildman–Crippen LogP) is 3.27. The van der Waals surface area contributed by atoms with Crippen molar-refractivity contribution < 1.29 is 13.3 Å². The van der Waals surface area contributed by atoms with Gasteiger partial charge in [0, 0.05) is 12.1 Å². The molecular weight excluding hydrogens is 304 g/mol. The van der Waals surface area contributed by atoms with Crippen molar-refractivity contribution in [2.45, 2.75) is 25.2 Å². The van der Waals surface area contributed by atoms with E-state index in [-0.39, 0.29) is 10.6 Å². The number of aryl methyl sites for hydroxylation is 2. The van der Waals surface area contributed by atoms with Crippen molar-refractivity contribution in [3.05, 3.63) is 63.7 Å².